The summed E-state index contributed by atoms with van der Waals surface area (Å²) in [6.45, 7) is 2.20. The minimum Gasteiger partial charge on any atom is -0.467 e. The van der Waals surface area contributed by atoms with Crippen LogP contribution in [0.1, 0.15) is 13.8 Å². The molecule has 3 N–H and O–H groups in total. The van der Waals surface area contributed by atoms with E-state index in [9.17, 15) is 4.79 Å². The highest BCUT2D eigenvalue weighted by Crippen LogP contribution is 2.03. The molecule has 0 radical (unpaired) electrons. The molecule has 0 saturated carbocycles. The van der Waals surface area contributed by atoms with Gasteiger partial charge in [0, 0.05) is 6.08 Å². The van der Waals surface area contributed by atoms with Crippen LogP contribution in [0.2, 0.25) is 0 Å². The molecule has 13 heavy (non-hydrogen) atoms. The second kappa shape index (κ2) is 5.69. The van der Waals surface area contributed by atoms with E-state index in [1.54, 1.807) is 0 Å². The Labute approximate surface area is 76.3 Å². The molecule has 76 valence electrons. The lowest BCUT2D eigenvalue weighted by atomic mass is 10.3. The van der Waals surface area contributed by atoms with Gasteiger partial charge in [0.15, 0.2) is 5.78 Å². The summed E-state index contributed by atoms with van der Waals surface area (Å²) in [6.07, 6.45) is -1.70. The predicted octanol–water partition coefficient (Wildman–Crippen LogP) is -0.833. The molecule has 0 aromatic carbocycles. The van der Waals surface area contributed by atoms with Crippen LogP contribution in [0.25, 0.3) is 0 Å². The zero-order valence-corrected chi connectivity index (χ0v) is 7.60. The maximum atomic E-state index is 10.5. The van der Waals surface area contributed by atoms with E-state index in [0.29, 0.717) is 0 Å². The lowest BCUT2D eigenvalue weighted by Gasteiger charge is -2.17. The third-order valence-corrected chi connectivity index (χ3v) is 1.23. The van der Waals surface area contributed by atoms with Crippen molar-refractivity contribution in [2.45, 2.75) is 26.2 Å². The largest absolute Gasteiger partial charge is 0.467 e. The third-order valence-electron chi connectivity index (χ3n) is 1.23. The van der Waals surface area contributed by atoms with Gasteiger partial charge in [-0.25, -0.2) is 0 Å². The molecule has 0 bridgehead atoms. The van der Waals surface area contributed by atoms with Crippen LogP contribution >= 0.6 is 0 Å². The number of aliphatic hydroxyl groups is 3. The first kappa shape index (κ1) is 12.1. The standard InChI is InChI=1S/C8H14O5/c1-5(10)3-6(2)13-8(12)7(11)4-9/h3,7-9,11-12H,4H2,1-2H3/b6-3+. The monoisotopic (exact) mass is 190 g/mol. The number of ether oxygens (including phenoxy) is 1. The number of aliphatic hydroxyl groups excluding tert-OH is 3. The number of allylic oxidation sites excluding steroid dienone is 2. The summed E-state index contributed by atoms with van der Waals surface area (Å²) in [7, 11) is 0. The molecule has 0 amide bonds. The Bertz CT molecular complexity index is 199. The fourth-order valence-electron chi connectivity index (χ4n) is 0.679. The summed E-state index contributed by atoms with van der Waals surface area (Å²) >= 11 is 0. The van der Waals surface area contributed by atoms with Gasteiger partial charge in [-0.15, -0.1) is 0 Å². The second-order valence-electron chi connectivity index (χ2n) is 2.62. The summed E-state index contributed by atoms with van der Waals surface area (Å²) < 4.78 is 4.70. The van der Waals surface area contributed by atoms with Crippen molar-refractivity contribution in [1.29, 1.82) is 0 Å². The summed E-state index contributed by atoms with van der Waals surface area (Å²) in [5, 5.41) is 26.3. The molecular formula is C8H14O5. The van der Waals surface area contributed by atoms with Crippen molar-refractivity contribution in [2.75, 3.05) is 6.61 Å². The highest BCUT2D eigenvalue weighted by Gasteiger charge is 2.16. The van der Waals surface area contributed by atoms with Gasteiger partial charge < -0.3 is 20.1 Å². The van der Waals surface area contributed by atoms with Crippen LogP contribution in [0.3, 0.4) is 0 Å². The molecule has 2 unspecified atom stereocenters. The number of carbonyl (C=O) groups is 1. The molecule has 0 aromatic heterocycles. The Morgan fingerprint density at radius 1 is 1.46 bits per heavy atom. The number of carbonyl (C=O) groups excluding carboxylic acids is 1. The summed E-state index contributed by atoms with van der Waals surface area (Å²) in [6, 6.07) is 0. The van der Waals surface area contributed by atoms with Gasteiger partial charge in [0.05, 0.1) is 6.61 Å². The molecule has 0 aliphatic carbocycles. The normalized spacial score (nSPS) is 16.5. The van der Waals surface area contributed by atoms with Crippen LogP contribution in [0, 0.1) is 0 Å². The number of ketones is 1. The highest BCUT2D eigenvalue weighted by atomic mass is 16.6. The maximum absolute atomic E-state index is 10.5. The van der Waals surface area contributed by atoms with E-state index in [-0.39, 0.29) is 11.5 Å². The molecule has 5 nitrogen and oxygen atoms in total. The van der Waals surface area contributed by atoms with Crippen LogP contribution < -0.4 is 0 Å². The van der Waals surface area contributed by atoms with Gasteiger partial charge in [-0.1, -0.05) is 0 Å². The lowest BCUT2D eigenvalue weighted by molar-refractivity contribution is -0.148. The number of hydrogen-bond donors (Lipinski definition) is 3. The third kappa shape index (κ3) is 5.35. The average Bonchev–Trinajstić information content (AvgIpc) is 2.01. The summed E-state index contributed by atoms with van der Waals surface area (Å²) in [5.41, 5.74) is 0. The molecule has 0 spiro atoms. The van der Waals surface area contributed by atoms with Crippen molar-refractivity contribution in [3.8, 4) is 0 Å². The van der Waals surface area contributed by atoms with E-state index in [1.807, 2.05) is 0 Å². The molecule has 2 atom stereocenters. The van der Waals surface area contributed by atoms with Gasteiger partial charge >= 0.3 is 0 Å². The highest BCUT2D eigenvalue weighted by molar-refractivity contribution is 5.87. The van der Waals surface area contributed by atoms with E-state index >= 15 is 0 Å². The van der Waals surface area contributed by atoms with Gasteiger partial charge in [0.2, 0.25) is 6.29 Å². The fraction of sp³-hybridized carbons (Fsp3) is 0.625. The van der Waals surface area contributed by atoms with Gasteiger partial charge in [0.25, 0.3) is 0 Å². The maximum Gasteiger partial charge on any atom is 0.225 e. The molecular weight excluding hydrogens is 176 g/mol. The zero-order valence-electron chi connectivity index (χ0n) is 7.60. The van der Waals surface area contributed by atoms with Crippen molar-refractivity contribution in [3.05, 3.63) is 11.8 Å². The second-order valence-corrected chi connectivity index (χ2v) is 2.62. The molecule has 0 rings (SSSR count). The topological polar surface area (TPSA) is 87.0 Å². The van der Waals surface area contributed by atoms with Crippen LogP contribution in [0.4, 0.5) is 0 Å². The van der Waals surface area contributed by atoms with E-state index in [2.05, 4.69) is 0 Å². The Hall–Kier alpha value is -0.910. The number of rotatable bonds is 5. The van der Waals surface area contributed by atoms with Crippen molar-refractivity contribution in [1.82, 2.24) is 0 Å². The Kier molecular flexibility index (Phi) is 5.29. The SMILES string of the molecule is CC(=O)/C=C(\C)OC(O)C(O)CO. The summed E-state index contributed by atoms with van der Waals surface area (Å²) in [5.74, 6) is -0.0318. The fourth-order valence-corrected chi connectivity index (χ4v) is 0.679. The quantitative estimate of drug-likeness (QED) is 0.299. The first-order valence-corrected chi connectivity index (χ1v) is 3.80. The Morgan fingerprint density at radius 3 is 2.38 bits per heavy atom. The van der Waals surface area contributed by atoms with Gasteiger partial charge in [-0.2, -0.15) is 0 Å². The van der Waals surface area contributed by atoms with Gasteiger partial charge in [-0.05, 0) is 13.8 Å². The van der Waals surface area contributed by atoms with Crippen LogP contribution in [-0.2, 0) is 9.53 Å². The minimum absolute atomic E-state index is 0.188. The molecule has 0 fully saturated rings. The molecule has 0 aliphatic rings. The van der Waals surface area contributed by atoms with Crippen molar-refractivity contribution < 1.29 is 24.9 Å². The van der Waals surface area contributed by atoms with Crippen LogP contribution in [0.15, 0.2) is 11.8 Å². The Balaban J connectivity index is 4.05. The smallest absolute Gasteiger partial charge is 0.225 e. The van der Waals surface area contributed by atoms with Gasteiger partial charge in [-0.3, -0.25) is 4.79 Å². The summed E-state index contributed by atoms with van der Waals surface area (Å²) in [4.78, 5) is 10.5. The molecule has 0 heterocycles. The van der Waals surface area contributed by atoms with Crippen molar-refractivity contribution in [2.24, 2.45) is 0 Å². The van der Waals surface area contributed by atoms with E-state index in [4.69, 9.17) is 20.1 Å². The minimum atomic E-state index is -1.51. The molecule has 0 aliphatic heterocycles. The van der Waals surface area contributed by atoms with Gasteiger partial charge in [0.1, 0.15) is 11.9 Å². The van der Waals surface area contributed by atoms with Crippen molar-refractivity contribution in [3.63, 3.8) is 0 Å². The van der Waals surface area contributed by atoms with Crippen molar-refractivity contribution >= 4 is 5.78 Å². The molecule has 5 heteroatoms. The van der Waals surface area contributed by atoms with Crippen LogP contribution in [-0.4, -0.2) is 40.1 Å². The zero-order chi connectivity index (χ0) is 10.4. The van der Waals surface area contributed by atoms with E-state index in [1.165, 1.54) is 19.9 Å². The predicted molar refractivity (Wildman–Crippen MR) is 44.6 cm³/mol. The molecule has 0 aromatic rings. The Morgan fingerprint density at radius 2 is 2.00 bits per heavy atom. The van der Waals surface area contributed by atoms with E-state index < -0.39 is 19.0 Å². The first-order chi connectivity index (χ1) is 5.97. The van der Waals surface area contributed by atoms with Crippen LogP contribution in [0.5, 0.6) is 0 Å². The van der Waals surface area contributed by atoms with E-state index in [0.717, 1.165) is 0 Å². The molecule has 0 saturated heterocycles. The number of hydrogen-bond acceptors (Lipinski definition) is 5. The lowest BCUT2D eigenvalue weighted by Crippen LogP contribution is -2.31. The first-order valence-electron chi connectivity index (χ1n) is 3.80. The average molecular weight is 190 g/mol.